The van der Waals surface area contributed by atoms with E-state index in [1.807, 2.05) is 13.0 Å². The number of halogens is 1. The number of ether oxygens (including phenoxy) is 1. The Kier molecular flexibility index (Phi) is 4.15. The summed E-state index contributed by atoms with van der Waals surface area (Å²) in [4.78, 5) is 24.3. The maximum absolute atomic E-state index is 12.2. The second-order valence-corrected chi connectivity index (χ2v) is 6.56. The summed E-state index contributed by atoms with van der Waals surface area (Å²) < 4.78 is 5.41. The maximum atomic E-state index is 12.2. The topological polar surface area (TPSA) is 79.9 Å². The number of anilines is 1. The van der Waals surface area contributed by atoms with E-state index in [0.717, 1.165) is 23.9 Å². The molecule has 2 aromatic heterocycles. The zero-order valence-corrected chi connectivity index (χ0v) is 14.4. The molecular weight excluding hydrogens is 340 g/mol. The van der Waals surface area contributed by atoms with Crippen LogP contribution in [0.4, 0.5) is 5.69 Å². The van der Waals surface area contributed by atoms with Gasteiger partial charge in [-0.3, -0.25) is 4.79 Å². The summed E-state index contributed by atoms with van der Waals surface area (Å²) in [6.45, 7) is 2.61. The monoisotopic (exact) mass is 356 g/mol. The zero-order chi connectivity index (χ0) is 17.4. The molecule has 0 spiro atoms. The number of hydrogen-bond donors (Lipinski definition) is 2. The van der Waals surface area contributed by atoms with Crippen molar-refractivity contribution >= 4 is 34.4 Å². The number of carbonyl (C=O) groups is 1. The summed E-state index contributed by atoms with van der Waals surface area (Å²) in [5.41, 5.74) is 3.89. The highest BCUT2D eigenvalue weighted by molar-refractivity contribution is 6.33. The summed E-state index contributed by atoms with van der Waals surface area (Å²) in [5, 5.41) is 3.43. The third kappa shape index (κ3) is 3.23. The molecule has 25 heavy (non-hydrogen) atoms. The van der Waals surface area contributed by atoms with Gasteiger partial charge < -0.3 is 15.0 Å². The number of carbonyl (C=O) groups excluding carboxylic acids is 1. The minimum Gasteiger partial charge on any atom is -0.368 e. The minimum absolute atomic E-state index is 0.132. The Labute approximate surface area is 149 Å². The van der Waals surface area contributed by atoms with Gasteiger partial charge in [0, 0.05) is 24.1 Å². The first-order valence-corrected chi connectivity index (χ1v) is 8.53. The molecule has 1 fully saturated rings. The second kappa shape index (κ2) is 6.46. The van der Waals surface area contributed by atoms with Gasteiger partial charge in [0.1, 0.15) is 11.9 Å². The van der Waals surface area contributed by atoms with E-state index in [-0.39, 0.29) is 12.0 Å². The number of fused-ring (bicyclic) bond motifs is 1. The van der Waals surface area contributed by atoms with E-state index < -0.39 is 0 Å². The Morgan fingerprint density at radius 1 is 1.40 bits per heavy atom. The average molecular weight is 357 g/mol. The van der Waals surface area contributed by atoms with Crippen LogP contribution in [-0.2, 0) is 9.53 Å². The highest BCUT2D eigenvalue weighted by atomic mass is 35.5. The van der Waals surface area contributed by atoms with Crippen molar-refractivity contribution < 1.29 is 9.53 Å². The van der Waals surface area contributed by atoms with Gasteiger partial charge in [-0.1, -0.05) is 11.6 Å². The summed E-state index contributed by atoms with van der Waals surface area (Å²) in [6.07, 6.45) is 3.06. The molecule has 1 aliphatic heterocycles. The van der Waals surface area contributed by atoms with Crippen LogP contribution in [0.15, 0.2) is 30.5 Å². The van der Waals surface area contributed by atoms with Gasteiger partial charge >= 0.3 is 0 Å². The summed E-state index contributed by atoms with van der Waals surface area (Å²) >= 11 is 6.34. The summed E-state index contributed by atoms with van der Waals surface area (Å²) in [6, 6.07) is 7.30. The average Bonchev–Trinajstić information content (AvgIpc) is 3.25. The molecule has 1 aliphatic rings. The third-order valence-corrected chi connectivity index (χ3v) is 4.51. The number of benzene rings is 1. The Balaban J connectivity index is 1.65. The van der Waals surface area contributed by atoms with Crippen LogP contribution >= 0.6 is 11.6 Å². The summed E-state index contributed by atoms with van der Waals surface area (Å²) in [5.74, 6) is 0.485. The van der Waals surface area contributed by atoms with E-state index in [4.69, 9.17) is 16.3 Å². The lowest BCUT2D eigenvalue weighted by molar-refractivity contribution is -0.124. The van der Waals surface area contributed by atoms with Crippen LogP contribution in [0.5, 0.6) is 0 Å². The molecule has 128 valence electrons. The number of pyridine rings is 1. The predicted octanol–water partition coefficient (Wildman–Crippen LogP) is 3.70. The minimum atomic E-state index is -0.377. The quantitative estimate of drug-likeness (QED) is 0.749. The highest BCUT2D eigenvalue weighted by Gasteiger charge is 2.23. The number of aromatic nitrogens is 3. The molecule has 0 bridgehead atoms. The van der Waals surface area contributed by atoms with E-state index in [1.54, 1.807) is 24.4 Å². The first kappa shape index (κ1) is 16.1. The van der Waals surface area contributed by atoms with Crippen LogP contribution in [0.2, 0.25) is 5.02 Å². The van der Waals surface area contributed by atoms with E-state index in [9.17, 15) is 4.79 Å². The van der Waals surface area contributed by atoms with Crippen molar-refractivity contribution in [2.24, 2.45) is 0 Å². The molecule has 0 aliphatic carbocycles. The van der Waals surface area contributed by atoms with Crippen molar-refractivity contribution in [3.63, 3.8) is 0 Å². The fourth-order valence-electron chi connectivity index (χ4n) is 2.92. The van der Waals surface area contributed by atoms with E-state index >= 15 is 0 Å². The molecule has 0 radical (unpaired) electrons. The van der Waals surface area contributed by atoms with Crippen molar-refractivity contribution in [3.05, 3.63) is 41.0 Å². The van der Waals surface area contributed by atoms with E-state index in [2.05, 4.69) is 20.3 Å². The maximum Gasteiger partial charge on any atom is 0.253 e. The van der Waals surface area contributed by atoms with Gasteiger partial charge in [-0.05, 0) is 49.6 Å². The molecule has 1 unspecified atom stereocenters. The molecule has 1 aromatic carbocycles. The molecule has 2 N–H and O–H groups in total. The zero-order valence-electron chi connectivity index (χ0n) is 13.7. The number of rotatable bonds is 3. The lowest BCUT2D eigenvalue weighted by atomic mass is 10.1. The second-order valence-electron chi connectivity index (χ2n) is 6.15. The van der Waals surface area contributed by atoms with Crippen LogP contribution in [0.25, 0.3) is 22.6 Å². The van der Waals surface area contributed by atoms with Crippen LogP contribution < -0.4 is 5.32 Å². The first-order valence-electron chi connectivity index (χ1n) is 8.15. The number of aromatic amines is 1. The standard InChI is InChI=1S/C18H17ClN4O2/c1-10-7-14-17(20-9-10)23-16(22-14)12-8-11(4-5-13(12)19)21-18(24)15-3-2-6-25-15/h4-5,7-9,15H,2-3,6H2,1H3,(H,21,24)(H,20,22,23). The predicted molar refractivity (Wildman–Crippen MR) is 96.7 cm³/mol. The Morgan fingerprint density at radius 2 is 2.28 bits per heavy atom. The molecule has 1 saturated heterocycles. The molecule has 0 saturated carbocycles. The molecular formula is C18H17ClN4O2. The Bertz CT molecular complexity index is 947. The summed E-state index contributed by atoms with van der Waals surface area (Å²) in [7, 11) is 0. The number of nitrogens with one attached hydrogen (secondary N) is 2. The number of imidazole rings is 1. The van der Waals surface area contributed by atoms with Gasteiger partial charge in [-0.2, -0.15) is 0 Å². The largest absolute Gasteiger partial charge is 0.368 e. The molecule has 1 amide bonds. The molecule has 1 atom stereocenters. The number of hydrogen-bond acceptors (Lipinski definition) is 4. The van der Waals surface area contributed by atoms with Crippen LogP contribution in [0.3, 0.4) is 0 Å². The fraction of sp³-hybridized carbons (Fsp3) is 0.278. The third-order valence-electron chi connectivity index (χ3n) is 4.19. The normalized spacial score (nSPS) is 17.1. The van der Waals surface area contributed by atoms with Gasteiger partial charge in [-0.15, -0.1) is 0 Å². The first-order chi connectivity index (χ1) is 12.1. The van der Waals surface area contributed by atoms with Gasteiger partial charge in [0.15, 0.2) is 5.65 Å². The number of aryl methyl sites for hydroxylation is 1. The van der Waals surface area contributed by atoms with Gasteiger partial charge in [-0.25, -0.2) is 9.97 Å². The Morgan fingerprint density at radius 3 is 3.08 bits per heavy atom. The van der Waals surface area contributed by atoms with Crippen molar-refractivity contribution in [2.75, 3.05) is 11.9 Å². The highest BCUT2D eigenvalue weighted by Crippen LogP contribution is 2.30. The van der Waals surface area contributed by atoms with Crippen molar-refractivity contribution in [1.82, 2.24) is 15.0 Å². The molecule has 3 aromatic rings. The lowest BCUT2D eigenvalue weighted by Gasteiger charge is -2.11. The van der Waals surface area contributed by atoms with Crippen LogP contribution in [-0.4, -0.2) is 33.6 Å². The molecule has 3 heterocycles. The van der Waals surface area contributed by atoms with Crippen molar-refractivity contribution in [1.29, 1.82) is 0 Å². The smallest absolute Gasteiger partial charge is 0.253 e. The van der Waals surface area contributed by atoms with Crippen molar-refractivity contribution in [3.8, 4) is 11.4 Å². The number of H-pyrrole nitrogens is 1. The lowest BCUT2D eigenvalue weighted by Crippen LogP contribution is -2.26. The van der Waals surface area contributed by atoms with Crippen LogP contribution in [0, 0.1) is 6.92 Å². The molecule has 4 rings (SSSR count). The Hall–Kier alpha value is -2.44. The van der Waals surface area contributed by atoms with Gasteiger partial charge in [0.2, 0.25) is 0 Å². The van der Waals surface area contributed by atoms with E-state index in [0.29, 0.717) is 34.4 Å². The number of amides is 1. The molecule has 7 heteroatoms. The van der Waals surface area contributed by atoms with Crippen LogP contribution in [0.1, 0.15) is 18.4 Å². The number of nitrogens with zero attached hydrogens (tertiary/aromatic N) is 2. The SMILES string of the molecule is Cc1cnc2nc(-c3cc(NC(=O)C4CCCO4)ccc3Cl)[nH]c2c1. The van der Waals surface area contributed by atoms with Crippen molar-refractivity contribution in [2.45, 2.75) is 25.9 Å². The fourth-order valence-corrected chi connectivity index (χ4v) is 3.13. The molecule has 6 nitrogen and oxygen atoms in total. The van der Waals surface area contributed by atoms with Gasteiger partial charge in [0.05, 0.1) is 10.5 Å². The van der Waals surface area contributed by atoms with Gasteiger partial charge in [0.25, 0.3) is 5.91 Å². The van der Waals surface area contributed by atoms with E-state index in [1.165, 1.54) is 0 Å².